The first-order valence-corrected chi connectivity index (χ1v) is 4.46. The smallest absolute Gasteiger partial charge is 0.166 e. The fraction of sp³-hybridized carbons (Fsp3) is 0.500. The minimum atomic E-state index is 0.826. The lowest BCUT2D eigenvalue weighted by molar-refractivity contribution is -0.487. The molecule has 0 heterocycles. The molecule has 0 atom stereocenters. The van der Waals surface area contributed by atoms with Crippen molar-refractivity contribution < 1.29 is 9.31 Å². The summed E-state index contributed by atoms with van der Waals surface area (Å²) in [6.45, 7) is 3.92. The molecule has 0 unspecified atom stereocenters. The number of nitrogens with one attached hydrogen (secondary N) is 1. The topological polar surface area (TPSA) is 24.3 Å². The summed E-state index contributed by atoms with van der Waals surface area (Å²) in [5.74, 6) is 0. The van der Waals surface area contributed by atoms with Gasteiger partial charge in [0.15, 0.2) is 6.21 Å². The standard InChI is InChI=1S/C10H19N2O/c1-4-12(3)8-6-10-13-9-5-7-11-2/h5-6,8-11H,4,7H2,1-3H3/q+1/b9-5+,10-6+,12-8?. The van der Waals surface area contributed by atoms with Crippen LogP contribution >= 0.6 is 0 Å². The van der Waals surface area contributed by atoms with E-state index in [-0.39, 0.29) is 0 Å². The molecule has 0 fully saturated rings. The normalized spacial score (nSPS) is 13.0. The summed E-state index contributed by atoms with van der Waals surface area (Å²) in [7, 11) is 3.91. The molecule has 0 aromatic carbocycles. The summed E-state index contributed by atoms with van der Waals surface area (Å²) in [5.41, 5.74) is 0. The molecule has 0 aliphatic heterocycles. The van der Waals surface area contributed by atoms with Gasteiger partial charge in [0.05, 0.1) is 12.5 Å². The molecule has 74 valence electrons. The molecule has 0 amide bonds. The van der Waals surface area contributed by atoms with Crippen LogP contribution in [-0.4, -0.2) is 38.0 Å². The van der Waals surface area contributed by atoms with Crippen molar-refractivity contribution in [3.05, 3.63) is 24.7 Å². The molecule has 0 spiro atoms. The van der Waals surface area contributed by atoms with Crippen LogP contribution in [-0.2, 0) is 4.74 Å². The van der Waals surface area contributed by atoms with E-state index in [9.17, 15) is 0 Å². The fourth-order valence-corrected chi connectivity index (χ4v) is 0.600. The van der Waals surface area contributed by atoms with Crippen molar-refractivity contribution in [2.24, 2.45) is 0 Å². The van der Waals surface area contributed by atoms with Crippen molar-refractivity contribution in [3.8, 4) is 0 Å². The molecule has 13 heavy (non-hydrogen) atoms. The first kappa shape index (κ1) is 11.9. The van der Waals surface area contributed by atoms with Crippen LogP contribution in [0.4, 0.5) is 0 Å². The van der Waals surface area contributed by atoms with Crippen LogP contribution in [0.1, 0.15) is 6.92 Å². The average molecular weight is 183 g/mol. The van der Waals surface area contributed by atoms with Crippen molar-refractivity contribution in [2.45, 2.75) is 6.92 Å². The maximum absolute atomic E-state index is 5.07. The van der Waals surface area contributed by atoms with Crippen molar-refractivity contribution in [2.75, 3.05) is 27.2 Å². The van der Waals surface area contributed by atoms with Crippen LogP contribution in [0.25, 0.3) is 0 Å². The third kappa shape index (κ3) is 8.82. The third-order valence-electron chi connectivity index (χ3n) is 1.49. The Morgan fingerprint density at radius 3 is 2.77 bits per heavy atom. The first-order valence-electron chi connectivity index (χ1n) is 4.46. The van der Waals surface area contributed by atoms with Gasteiger partial charge in [-0.25, -0.2) is 4.58 Å². The molecule has 0 radical (unpaired) electrons. The second-order valence-electron chi connectivity index (χ2n) is 2.62. The zero-order valence-electron chi connectivity index (χ0n) is 8.66. The highest BCUT2D eigenvalue weighted by molar-refractivity contribution is 5.65. The van der Waals surface area contributed by atoms with Crippen LogP contribution in [0.5, 0.6) is 0 Å². The van der Waals surface area contributed by atoms with Crippen LogP contribution in [0, 0.1) is 0 Å². The molecule has 1 N–H and O–H groups in total. The molecule has 0 aromatic heterocycles. The van der Waals surface area contributed by atoms with E-state index in [0.29, 0.717) is 0 Å². The second kappa shape index (κ2) is 9.00. The molecular weight excluding hydrogens is 164 g/mol. The van der Waals surface area contributed by atoms with Gasteiger partial charge < -0.3 is 10.1 Å². The van der Waals surface area contributed by atoms with E-state index in [1.165, 1.54) is 0 Å². The van der Waals surface area contributed by atoms with E-state index in [1.807, 2.05) is 32.5 Å². The number of ether oxygens (including phenoxy) is 1. The summed E-state index contributed by atoms with van der Waals surface area (Å²) < 4.78 is 7.14. The Balaban J connectivity index is 3.52. The number of hydrogen-bond donors (Lipinski definition) is 1. The van der Waals surface area contributed by atoms with Gasteiger partial charge in [-0.1, -0.05) is 0 Å². The summed E-state index contributed by atoms with van der Waals surface area (Å²) in [6, 6.07) is 0. The Morgan fingerprint density at radius 1 is 1.38 bits per heavy atom. The van der Waals surface area contributed by atoms with Gasteiger partial charge in [-0.2, -0.15) is 0 Å². The number of likely N-dealkylation sites (N-methyl/N-ethyl adjacent to an activating group) is 1. The molecule has 0 saturated heterocycles. The predicted molar refractivity (Wildman–Crippen MR) is 56.1 cm³/mol. The lowest BCUT2D eigenvalue weighted by Crippen LogP contribution is -2.04. The molecule has 0 aliphatic carbocycles. The summed E-state index contributed by atoms with van der Waals surface area (Å²) in [5, 5.41) is 2.98. The quantitative estimate of drug-likeness (QED) is 0.377. The number of rotatable bonds is 6. The van der Waals surface area contributed by atoms with Crippen molar-refractivity contribution in [1.29, 1.82) is 0 Å². The van der Waals surface area contributed by atoms with E-state index in [4.69, 9.17) is 4.74 Å². The van der Waals surface area contributed by atoms with Crippen LogP contribution in [0.2, 0.25) is 0 Å². The highest BCUT2D eigenvalue weighted by Crippen LogP contribution is 1.78. The Labute approximate surface area is 80.4 Å². The Hall–Kier alpha value is -1.09. The number of hydrogen-bond acceptors (Lipinski definition) is 2. The van der Waals surface area contributed by atoms with Gasteiger partial charge in [-0.15, -0.1) is 0 Å². The summed E-state index contributed by atoms with van der Waals surface area (Å²) >= 11 is 0. The minimum absolute atomic E-state index is 0.826. The van der Waals surface area contributed by atoms with Crippen LogP contribution in [0.3, 0.4) is 0 Å². The molecule has 3 heteroatoms. The monoisotopic (exact) mass is 183 g/mol. The lowest BCUT2D eigenvalue weighted by atomic mass is 10.6. The minimum Gasteiger partial charge on any atom is -0.473 e. The van der Waals surface area contributed by atoms with Crippen LogP contribution in [0.15, 0.2) is 24.7 Å². The Kier molecular flexibility index (Phi) is 8.25. The molecule has 3 nitrogen and oxygen atoms in total. The highest BCUT2D eigenvalue weighted by atomic mass is 16.5. The Bertz CT molecular complexity index is 195. The van der Waals surface area contributed by atoms with E-state index < -0.39 is 0 Å². The van der Waals surface area contributed by atoms with Gasteiger partial charge in [0, 0.05) is 12.6 Å². The average Bonchev–Trinajstić information content (AvgIpc) is 2.16. The summed E-state index contributed by atoms with van der Waals surface area (Å²) in [4.78, 5) is 0. The predicted octanol–water partition coefficient (Wildman–Crippen LogP) is 0.983. The van der Waals surface area contributed by atoms with E-state index in [1.54, 1.807) is 12.5 Å². The second-order valence-corrected chi connectivity index (χ2v) is 2.62. The number of allylic oxidation sites excluding steroid dienone is 1. The molecule has 0 saturated carbocycles. The van der Waals surface area contributed by atoms with Gasteiger partial charge in [-0.3, -0.25) is 0 Å². The van der Waals surface area contributed by atoms with Gasteiger partial charge in [-0.05, 0) is 20.0 Å². The van der Waals surface area contributed by atoms with Gasteiger partial charge in [0.1, 0.15) is 13.6 Å². The van der Waals surface area contributed by atoms with Crippen molar-refractivity contribution in [1.82, 2.24) is 5.32 Å². The van der Waals surface area contributed by atoms with Gasteiger partial charge in [0.2, 0.25) is 0 Å². The van der Waals surface area contributed by atoms with Crippen molar-refractivity contribution in [3.63, 3.8) is 0 Å². The van der Waals surface area contributed by atoms with E-state index >= 15 is 0 Å². The van der Waals surface area contributed by atoms with Crippen LogP contribution < -0.4 is 5.32 Å². The Morgan fingerprint density at radius 2 is 2.15 bits per heavy atom. The lowest BCUT2D eigenvalue weighted by Gasteiger charge is -1.89. The van der Waals surface area contributed by atoms with Gasteiger partial charge >= 0.3 is 0 Å². The fourth-order valence-electron chi connectivity index (χ4n) is 0.600. The van der Waals surface area contributed by atoms with Crippen molar-refractivity contribution >= 4 is 6.21 Å². The maximum atomic E-state index is 5.07. The van der Waals surface area contributed by atoms with E-state index in [0.717, 1.165) is 13.1 Å². The zero-order chi connectivity index (χ0) is 9.94. The highest BCUT2D eigenvalue weighted by Gasteiger charge is 1.82. The molecular formula is C10H19N2O+. The molecule has 0 bridgehead atoms. The largest absolute Gasteiger partial charge is 0.473 e. The van der Waals surface area contributed by atoms with E-state index in [2.05, 4.69) is 16.8 Å². The maximum Gasteiger partial charge on any atom is 0.166 e. The summed E-state index contributed by atoms with van der Waals surface area (Å²) in [6.07, 6.45) is 9.05. The molecule has 0 rings (SSSR count). The van der Waals surface area contributed by atoms with Gasteiger partial charge in [0.25, 0.3) is 0 Å². The third-order valence-corrected chi connectivity index (χ3v) is 1.49. The zero-order valence-corrected chi connectivity index (χ0v) is 8.66. The SMILES string of the molecule is CC[N+](C)=C/C=C/O/C=C/CNC. The number of nitrogens with zero attached hydrogens (tertiary/aromatic N) is 1. The molecule has 0 aromatic rings. The molecule has 0 aliphatic rings. The first-order chi connectivity index (χ1) is 6.31.